The molecule has 3 nitrogen and oxygen atoms in total. The van der Waals surface area contributed by atoms with E-state index in [2.05, 4.69) is 140 Å². The van der Waals surface area contributed by atoms with E-state index < -0.39 is 0 Å². The molecule has 0 saturated carbocycles. The van der Waals surface area contributed by atoms with Crippen molar-refractivity contribution in [3.8, 4) is 62.2 Å². The molecule has 8 aromatic carbocycles. The van der Waals surface area contributed by atoms with E-state index in [0.29, 0.717) is 11.4 Å². The average Bonchev–Trinajstić information content (AvgIpc) is 3.20. The van der Waals surface area contributed by atoms with Crippen molar-refractivity contribution < 1.29 is 0 Å². The van der Waals surface area contributed by atoms with Crippen molar-refractivity contribution in [2.24, 2.45) is 0 Å². The minimum absolute atomic E-state index is 0.648. The molecule has 1 heterocycles. The van der Waals surface area contributed by atoms with Crippen LogP contribution in [0.4, 0.5) is 0 Å². The van der Waals surface area contributed by atoms with Crippen molar-refractivity contribution in [3.63, 3.8) is 0 Å². The normalized spacial score (nSPS) is 11.2. The third-order valence-corrected chi connectivity index (χ3v) is 9.54. The molecule has 0 aliphatic rings. The molecule has 50 heavy (non-hydrogen) atoms. The molecule has 0 fully saturated rings. The molecule has 0 atom stereocenters. The second kappa shape index (κ2) is 12.3. The Labute approximate surface area is 290 Å². The topological polar surface area (TPSA) is 49.6 Å². The second-order valence-corrected chi connectivity index (χ2v) is 12.5. The van der Waals surface area contributed by atoms with Gasteiger partial charge in [-0.2, -0.15) is 5.26 Å². The van der Waals surface area contributed by atoms with Gasteiger partial charge in [0.1, 0.15) is 0 Å². The Morgan fingerprint density at radius 2 is 0.840 bits per heavy atom. The molecule has 0 radical (unpaired) electrons. The van der Waals surface area contributed by atoms with E-state index in [4.69, 9.17) is 9.97 Å². The largest absolute Gasteiger partial charge is 0.228 e. The van der Waals surface area contributed by atoms with Gasteiger partial charge >= 0.3 is 0 Å². The lowest BCUT2D eigenvalue weighted by Gasteiger charge is -2.16. The molecule has 3 heteroatoms. The zero-order valence-electron chi connectivity index (χ0n) is 27.1. The van der Waals surface area contributed by atoms with Crippen LogP contribution in [0.5, 0.6) is 0 Å². The maximum atomic E-state index is 9.34. The van der Waals surface area contributed by atoms with Crippen molar-refractivity contribution in [1.29, 1.82) is 5.26 Å². The van der Waals surface area contributed by atoms with Gasteiger partial charge < -0.3 is 0 Å². The van der Waals surface area contributed by atoms with Gasteiger partial charge in [0.05, 0.1) is 23.0 Å². The van der Waals surface area contributed by atoms with Gasteiger partial charge in [0.15, 0.2) is 5.82 Å². The highest BCUT2D eigenvalue weighted by molar-refractivity contribution is 6.07. The van der Waals surface area contributed by atoms with Crippen LogP contribution in [0.2, 0.25) is 0 Å². The maximum absolute atomic E-state index is 9.34. The molecule has 0 aliphatic carbocycles. The fourth-order valence-corrected chi connectivity index (χ4v) is 7.07. The molecular weight excluding hydrogens is 607 g/mol. The van der Waals surface area contributed by atoms with Crippen LogP contribution in [0.15, 0.2) is 176 Å². The van der Waals surface area contributed by atoms with Crippen molar-refractivity contribution in [2.45, 2.75) is 0 Å². The molecule has 0 N–H and O–H groups in total. The smallest absolute Gasteiger partial charge is 0.160 e. The first-order valence-electron chi connectivity index (χ1n) is 16.7. The highest BCUT2D eigenvalue weighted by atomic mass is 14.9. The maximum Gasteiger partial charge on any atom is 0.160 e. The predicted octanol–water partition coefficient (Wildman–Crippen LogP) is 12.1. The molecule has 0 spiro atoms. The first-order valence-corrected chi connectivity index (χ1v) is 16.7. The first kappa shape index (κ1) is 29.3. The number of nitriles is 1. The summed E-state index contributed by atoms with van der Waals surface area (Å²) in [5.41, 5.74) is 10.0. The highest BCUT2D eigenvalue weighted by Crippen LogP contribution is 2.40. The summed E-state index contributed by atoms with van der Waals surface area (Å²) in [5, 5.41) is 16.4. The summed E-state index contributed by atoms with van der Waals surface area (Å²) in [6.07, 6.45) is 0. The summed E-state index contributed by atoms with van der Waals surface area (Å²) in [6.45, 7) is 0. The third-order valence-electron chi connectivity index (χ3n) is 9.54. The van der Waals surface area contributed by atoms with Gasteiger partial charge in [0.2, 0.25) is 0 Å². The van der Waals surface area contributed by atoms with Crippen molar-refractivity contribution in [2.75, 3.05) is 0 Å². The summed E-state index contributed by atoms with van der Waals surface area (Å²) in [5.74, 6) is 0.682. The van der Waals surface area contributed by atoms with Gasteiger partial charge in [-0.1, -0.05) is 152 Å². The highest BCUT2D eigenvalue weighted by Gasteiger charge is 2.17. The van der Waals surface area contributed by atoms with Crippen LogP contribution >= 0.6 is 0 Å². The van der Waals surface area contributed by atoms with Crippen LogP contribution in [-0.4, -0.2) is 9.97 Å². The van der Waals surface area contributed by atoms with Crippen LogP contribution < -0.4 is 0 Å². The Morgan fingerprint density at radius 1 is 0.360 bits per heavy atom. The molecule has 232 valence electrons. The molecule has 9 rings (SSSR count). The zero-order valence-corrected chi connectivity index (χ0v) is 27.1. The van der Waals surface area contributed by atoms with E-state index in [-0.39, 0.29) is 0 Å². The van der Waals surface area contributed by atoms with Crippen LogP contribution in [0.1, 0.15) is 5.56 Å². The van der Waals surface area contributed by atoms with Crippen LogP contribution in [-0.2, 0) is 0 Å². The molecule has 0 saturated heterocycles. The summed E-state index contributed by atoms with van der Waals surface area (Å²) >= 11 is 0. The lowest BCUT2D eigenvalue weighted by molar-refractivity contribution is 1.19. The van der Waals surface area contributed by atoms with E-state index in [9.17, 15) is 5.26 Å². The van der Waals surface area contributed by atoms with Gasteiger partial charge in [-0.3, -0.25) is 0 Å². The second-order valence-electron chi connectivity index (χ2n) is 12.5. The number of fused-ring (bicyclic) bond motifs is 3. The average molecular weight is 636 g/mol. The standard InChI is InChI=1S/C47H29N3/c48-30-31-18-20-33(21-19-31)37-24-26-43(41-16-8-6-14-39(37)41)45-29-46(50-47(49-45)34-11-2-1-3-12-34)44-27-25-38(40-15-7-9-17-42(40)44)36-23-22-32-10-4-5-13-35(32)28-36/h1-29H. The summed E-state index contributed by atoms with van der Waals surface area (Å²) in [4.78, 5) is 10.4. The van der Waals surface area contributed by atoms with Gasteiger partial charge in [-0.25, -0.2) is 9.97 Å². The Morgan fingerprint density at radius 3 is 1.44 bits per heavy atom. The van der Waals surface area contributed by atoms with Crippen molar-refractivity contribution in [1.82, 2.24) is 9.97 Å². The molecule has 0 bridgehead atoms. The fraction of sp³-hybridized carbons (Fsp3) is 0. The van der Waals surface area contributed by atoms with E-state index in [1.165, 1.54) is 27.3 Å². The fourth-order valence-electron chi connectivity index (χ4n) is 7.07. The number of nitrogens with zero attached hydrogens (tertiary/aromatic N) is 3. The number of rotatable bonds is 5. The van der Waals surface area contributed by atoms with Gasteiger partial charge in [0, 0.05) is 16.7 Å². The minimum Gasteiger partial charge on any atom is -0.228 e. The van der Waals surface area contributed by atoms with E-state index in [1.807, 2.05) is 42.5 Å². The molecule has 9 aromatic rings. The monoisotopic (exact) mass is 635 g/mol. The molecule has 0 aliphatic heterocycles. The van der Waals surface area contributed by atoms with E-state index in [1.54, 1.807) is 0 Å². The lowest BCUT2D eigenvalue weighted by Crippen LogP contribution is -1.97. The Kier molecular flexibility index (Phi) is 7.19. The van der Waals surface area contributed by atoms with Gasteiger partial charge in [-0.05, 0) is 78.8 Å². The Hall–Kier alpha value is -6.89. The molecular formula is C47H29N3. The number of hydrogen-bond donors (Lipinski definition) is 0. The Balaban J connectivity index is 1.24. The molecule has 0 amide bonds. The number of hydrogen-bond acceptors (Lipinski definition) is 3. The van der Waals surface area contributed by atoms with Crippen molar-refractivity contribution in [3.05, 3.63) is 181 Å². The summed E-state index contributed by atoms with van der Waals surface area (Å²) in [7, 11) is 0. The third kappa shape index (κ3) is 5.17. The van der Waals surface area contributed by atoms with Crippen LogP contribution in [0, 0.1) is 11.3 Å². The predicted molar refractivity (Wildman–Crippen MR) is 206 cm³/mol. The Bertz CT molecular complexity index is 2760. The first-order chi connectivity index (χ1) is 24.7. The molecule has 1 aromatic heterocycles. The summed E-state index contributed by atoms with van der Waals surface area (Å²) in [6, 6.07) is 63.4. The number of aromatic nitrogens is 2. The van der Waals surface area contributed by atoms with Crippen LogP contribution in [0.25, 0.3) is 88.5 Å². The van der Waals surface area contributed by atoms with Crippen LogP contribution in [0.3, 0.4) is 0 Å². The minimum atomic E-state index is 0.648. The van der Waals surface area contributed by atoms with E-state index in [0.717, 1.165) is 55.4 Å². The van der Waals surface area contributed by atoms with E-state index >= 15 is 0 Å². The molecule has 0 unspecified atom stereocenters. The van der Waals surface area contributed by atoms with Gasteiger partial charge in [0.25, 0.3) is 0 Å². The van der Waals surface area contributed by atoms with Crippen molar-refractivity contribution >= 4 is 32.3 Å². The quantitative estimate of drug-likeness (QED) is 0.189. The SMILES string of the molecule is N#Cc1ccc(-c2ccc(-c3cc(-c4ccc(-c5ccc6ccccc6c5)c5ccccc45)nc(-c4ccccc4)n3)c3ccccc23)cc1. The summed E-state index contributed by atoms with van der Waals surface area (Å²) < 4.78 is 0. The van der Waals surface area contributed by atoms with Gasteiger partial charge in [-0.15, -0.1) is 0 Å². The number of benzene rings is 8. The lowest BCUT2D eigenvalue weighted by atomic mass is 9.91. The zero-order chi connectivity index (χ0) is 33.4.